The normalized spacial score (nSPS) is 17.8. The maximum atomic E-state index is 6.25. The molecule has 4 aromatic rings. The maximum absolute atomic E-state index is 6.25. The summed E-state index contributed by atoms with van der Waals surface area (Å²) in [6.07, 6.45) is 8.95. The fraction of sp³-hybridized carbons (Fsp3) is 0.214. The number of fused-ring (bicyclic) bond motifs is 4. The highest BCUT2D eigenvalue weighted by Gasteiger charge is 2.28. The van der Waals surface area contributed by atoms with Gasteiger partial charge in [-0.15, -0.1) is 0 Å². The largest absolute Gasteiger partial charge is 0.440 e. The maximum Gasteiger partial charge on any atom is 0.226 e. The molecule has 3 aliphatic rings. The molecule has 168 valence electrons. The molecule has 0 amide bonds. The van der Waals surface area contributed by atoms with E-state index in [1.54, 1.807) is 0 Å². The van der Waals surface area contributed by atoms with Crippen LogP contribution in [-0.2, 0) is 11.3 Å². The van der Waals surface area contributed by atoms with Crippen LogP contribution in [0.5, 0.6) is 0 Å². The minimum absolute atomic E-state index is 0.660. The van der Waals surface area contributed by atoms with Gasteiger partial charge in [-0.3, -0.25) is 9.89 Å². The average Bonchev–Trinajstić information content (AvgIpc) is 3.62. The number of aromatic nitrogens is 2. The van der Waals surface area contributed by atoms with E-state index in [1.165, 1.54) is 16.5 Å². The first-order chi connectivity index (χ1) is 16.8. The number of nitrogens with zero attached hydrogens (tertiary/aromatic N) is 3. The smallest absolute Gasteiger partial charge is 0.226 e. The zero-order chi connectivity index (χ0) is 22.5. The Bertz CT molecular complexity index is 1500. The van der Waals surface area contributed by atoms with Crippen molar-refractivity contribution in [2.24, 2.45) is 4.99 Å². The third-order valence-corrected chi connectivity index (χ3v) is 6.85. The van der Waals surface area contributed by atoms with Crippen LogP contribution in [-0.4, -0.2) is 46.9 Å². The van der Waals surface area contributed by atoms with Crippen LogP contribution in [0, 0.1) is 0 Å². The minimum atomic E-state index is 0.660. The minimum Gasteiger partial charge on any atom is -0.440 e. The second-order valence-corrected chi connectivity index (χ2v) is 8.95. The van der Waals surface area contributed by atoms with Gasteiger partial charge in [0.15, 0.2) is 0 Å². The van der Waals surface area contributed by atoms with E-state index >= 15 is 0 Å². The van der Waals surface area contributed by atoms with Crippen molar-refractivity contribution in [1.29, 1.82) is 0 Å². The van der Waals surface area contributed by atoms with Gasteiger partial charge in [0, 0.05) is 53.3 Å². The van der Waals surface area contributed by atoms with Crippen LogP contribution >= 0.6 is 0 Å². The number of nitrogens with one attached hydrogen (secondary N) is 1. The number of hydrogen-bond donors (Lipinski definition) is 1. The molecule has 6 heteroatoms. The van der Waals surface area contributed by atoms with Gasteiger partial charge in [-0.1, -0.05) is 30.4 Å². The predicted octanol–water partition coefficient (Wildman–Crippen LogP) is 5.61. The fourth-order valence-corrected chi connectivity index (χ4v) is 5.18. The molecular weight excluding hydrogens is 424 g/mol. The lowest BCUT2D eigenvalue weighted by molar-refractivity contribution is 0.0313. The highest BCUT2D eigenvalue weighted by Crippen LogP contribution is 2.44. The Labute approximate surface area is 197 Å². The molecule has 4 heterocycles. The molecule has 2 aliphatic heterocycles. The van der Waals surface area contributed by atoms with Crippen molar-refractivity contribution in [1.82, 2.24) is 14.9 Å². The number of morpholine rings is 1. The zero-order valence-corrected chi connectivity index (χ0v) is 18.8. The Morgan fingerprint density at radius 1 is 1.03 bits per heavy atom. The van der Waals surface area contributed by atoms with Gasteiger partial charge in [-0.25, -0.2) is 4.98 Å². The van der Waals surface area contributed by atoms with Crippen molar-refractivity contribution in [3.8, 4) is 11.1 Å². The Kier molecular flexibility index (Phi) is 4.60. The van der Waals surface area contributed by atoms with Gasteiger partial charge in [-0.2, -0.15) is 0 Å². The van der Waals surface area contributed by atoms with Crippen molar-refractivity contribution in [3.05, 3.63) is 84.2 Å². The van der Waals surface area contributed by atoms with E-state index in [4.69, 9.17) is 14.1 Å². The quantitative estimate of drug-likeness (QED) is 0.441. The van der Waals surface area contributed by atoms with E-state index in [1.807, 2.05) is 12.4 Å². The third kappa shape index (κ3) is 3.26. The number of oxazole rings is 1. The molecule has 0 atom stereocenters. The van der Waals surface area contributed by atoms with Crippen molar-refractivity contribution in [2.75, 3.05) is 26.3 Å². The molecule has 1 fully saturated rings. The molecule has 6 nitrogen and oxygen atoms in total. The number of ether oxygens (including phenoxy) is 1. The highest BCUT2D eigenvalue weighted by molar-refractivity contribution is 6.36. The third-order valence-electron chi connectivity index (χ3n) is 6.85. The van der Waals surface area contributed by atoms with Gasteiger partial charge >= 0.3 is 0 Å². The predicted molar refractivity (Wildman–Crippen MR) is 134 cm³/mol. The lowest BCUT2D eigenvalue weighted by Crippen LogP contribution is -2.35. The molecular formula is C28H24N4O2. The summed E-state index contributed by atoms with van der Waals surface area (Å²) in [6, 6.07) is 15.1. The monoisotopic (exact) mass is 448 g/mol. The van der Waals surface area contributed by atoms with Gasteiger partial charge < -0.3 is 14.1 Å². The van der Waals surface area contributed by atoms with Crippen LogP contribution in [0.25, 0.3) is 33.2 Å². The van der Waals surface area contributed by atoms with Crippen LogP contribution in [0.1, 0.15) is 23.6 Å². The fourth-order valence-electron chi connectivity index (χ4n) is 5.18. The summed E-state index contributed by atoms with van der Waals surface area (Å²) in [7, 11) is 0. The molecule has 0 spiro atoms. The summed E-state index contributed by atoms with van der Waals surface area (Å²) in [5.74, 6) is 1.54. The Morgan fingerprint density at radius 3 is 2.91 bits per heavy atom. The summed E-state index contributed by atoms with van der Waals surface area (Å²) in [6.45, 7) is 4.14. The average molecular weight is 449 g/mol. The van der Waals surface area contributed by atoms with E-state index in [2.05, 4.69) is 69.5 Å². The number of rotatable bonds is 4. The molecule has 1 aliphatic carbocycles. The van der Waals surface area contributed by atoms with Crippen LogP contribution in [0.2, 0.25) is 0 Å². The van der Waals surface area contributed by atoms with Crippen LogP contribution in [0.15, 0.2) is 76.4 Å². The van der Waals surface area contributed by atoms with E-state index in [-0.39, 0.29) is 0 Å². The van der Waals surface area contributed by atoms with E-state index in [0.717, 1.165) is 78.7 Å². The summed E-state index contributed by atoms with van der Waals surface area (Å²) < 4.78 is 11.7. The number of hydrogen-bond acceptors (Lipinski definition) is 5. The number of aromatic amines is 1. The molecule has 1 N–H and O–H groups in total. The molecule has 2 aromatic carbocycles. The van der Waals surface area contributed by atoms with E-state index < -0.39 is 0 Å². The van der Waals surface area contributed by atoms with Crippen molar-refractivity contribution < 1.29 is 9.15 Å². The van der Waals surface area contributed by atoms with Crippen LogP contribution in [0.4, 0.5) is 5.69 Å². The number of H-pyrrole nitrogens is 1. The molecule has 0 radical (unpaired) electrons. The van der Waals surface area contributed by atoms with Gasteiger partial charge in [0.2, 0.25) is 5.89 Å². The van der Waals surface area contributed by atoms with Gasteiger partial charge in [0.25, 0.3) is 0 Å². The van der Waals surface area contributed by atoms with Crippen molar-refractivity contribution >= 4 is 33.4 Å². The molecule has 1 saturated heterocycles. The second-order valence-electron chi connectivity index (χ2n) is 8.95. The molecule has 2 aromatic heterocycles. The topological polar surface area (TPSA) is 66.7 Å². The lowest BCUT2D eigenvalue weighted by Gasteiger charge is -2.25. The van der Waals surface area contributed by atoms with E-state index in [9.17, 15) is 0 Å². The van der Waals surface area contributed by atoms with E-state index in [0.29, 0.717) is 5.89 Å². The molecule has 0 bridgehead atoms. The number of aliphatic imine (C=N–C) groups is 1. The molecule has 0 unspecified atom stereocenters. The standard InChI is InChI=1S/C28H24N4O2/c1-3-20(21-9-10-29-24(21)5-1)18-7-8-25-23(15-18)27-22(4-2-6-26(27)31-25)28-30-16-19(34-28)17-32-11-13-33-14-12-32/h1-5,7-10,15-16,29H,6,11-14,17H2. The van der Waals surface area contributed by atoms with Gasteiger partial charge in [-0.05, 0) is 35.4 Å². The Hall–Kier alpha value is -3.74. The van der Waals surface area contributed by atoms with Crippen molar-refractivity contribution in [3.63, 3.8) is 0 Å². The van der Waals surface area contributed by atoms with Gasteiger partial charge in [0.05, 0.1) is 37.4 Å². The first kappa shape index (κ1) is 19.7. The first-order valence-electron chi connectivity index (χ1n) is 11.8. The summed E-state index contributed by atoms with van der Waals surface area (Å²) in [5.41, 5.74) is 8.92. The highest BCUT2D eigenvalue weighted by atomic mass is 16.5. The summed E-state index contributed by atoms with van der Waals surface area (Å²) in [4.78, 5) is 15.3. The van der Waals surface area contributed by atoms with Gasteiger partial charge in [0.1, 0.15) is 5.76 Å². The zero-order valence-electron chi connectivity index (χ0n) is 18.8. The number of allylic oxidation sites excluding steroid dienone is 4. The Morgan fingerprint density at radius 2 is 1.97 bits per heavy atom. The first-order valence-corrected chi connectivity index (χ1v) is 11.8. The summed E-state index contributed by atoms with van der Waals surface area (Å²) in [5, 5.41) is 1.22. The molecule has 7 rings (SSSR count). The Balaban J connectivity index is 1.29. The summed E-state index contributed by atoms with van der Waals surface area (Å²) >= 11 is 0. The second kappa shape index (κ2) is 7.94. The molecule has 34 heavy (non-hydrogen) atoms. The van der Waals surface area contributed by atoms with Crippen molar-refractivity contribution in [2.45, 2.75) is 13.0 Å². The SMILES string of the molecule is C1=CC(c2ncc(CN3CCOCC3)o2)=C2C(=Nc3ccc(-c4cccc5[nH]ccc45)cc32)C1. The molecule has 0 saturated carbocycles. The lowest BCUT2D eigenvalue weighted by atomic mass is 9.89. The van der Waals surface area contributed by atoms with Crippen LogP contribution in [0.3, 0.4) is 0 Å². The van der Waals surface area contributed by atoms with Crippen LogP contribution < -0.4 is 0 Å². The number of benzene rings is 2.